The smallest absolute Gasteiger partial charge is 0.259 e. The van der Waals surface area contributed by atoms with E-state index < -0.39 is 0 Å². The maximum atomic E-state index is 12.5. The summed E-state index contributed by atoms with van der Waals surface area (Å²) >= 11 is 0. The van der Waals surface area contributed by atoms with E-state index in [1.54, 1.807) is 18.7 Å². The van der Waals surface area contributed by atoms with Gasteiger partial charge in [0.05, 0.1) is 12.2 Å². The number of nitrogens with zero attached hydrogens (tertiary/aromatic N) is 3. The number of carbonyl (C=O) groups excluding carboxylic acids is 2. The van der Waals surface area contributed by atoms with Crippen molar-refractivity contribution >= 4 is 11.8 Å². The minimum absolute atomic E-state index is 0.0371. The van der Waals surface area contributed by atoms with Crippen molar-refractivity contribution in [2.75, 3.05) is 32.7 Å². The molecule has 7 nitrogen and oxygen atoms in total. The van der Waals surface area contributed by atoms with Crippen molar-refractivity contribution in [2.45, 2.75) is 40.2 Å². The van der Waals surface area contributed by atoms with Gasteiger partial charge in [0, 0.05) is 32.2 Å². The van der Waals surface area contributed by atoms with Crippen LogP contribution in [0.1, 0.15) is 42.1 Å². The second kappa shape index (κ2) is 7.59. The van der Waals surface area contributed by atoms with Crippen molar-refractivity contribution < 1.29 is 14.1 Å². The van der Waals surface area contributed by atoms with Crippen LogP contribution in [0, 0.1) is 13.8 Å². The standard InChI is InChI=1S/C16H26N4O3/c1-5-11(2)17-14(21)10-19-6-8-20(9-7-19)16(22)15-12(3)18-23-13(15)4/h11H,5-10H2,1-4H3,(H,17,21). The Hall–Kier alpha value is -1.89. The lowest BCUT2D eigenvalue weighted by molar-refractivity contribution is -0.123. The Morgan fingerprint density at radius 3 is 2.43 bits per heavy atom. The van der Waals surface area contributed by atoms with E-state index in [0.29, 0.717) is 49.7 Å². The molecule has 1 aromatic rings. The van der Waals surface area contributed by atoms with Crippen LogP contribution in [0.5, 0.6) is 0 Å². The van der Waals surface area contributed by atoms with Crippen LogP contribution in [0.25, 0.3) is 0 Å². The Labute approximate surface area is 137 Å². The summed E-state index contributed by atoms with van der Waals surface area (Å²) < 4.78 is 5.07. The van der Waals surface area contributed by atoms with Crippen LogP contribution in [-0.2, 0) is 4.79 Å². The van der Waals surface area contributed by atoms with Crippen LogP contribution in [0.4, 0.5) is 0 Å². The Bertz CT molecular complexity index is 542. The second-order valence-electron chi connectivity index (χ2n) is 6.14. The van der Waals surface area contributed by atoms with Gasteiger partial charge in [-0.05, 0) is 27.2 Å². The summed E-state index contributed by atoms with van der Waals surface area (Å²) in [4.78, 5) is 28.3. The highest BCUT2D eigenvalue weighted by Gasteiger charge is 2.27. The largest absolute Gasteiger partial charge is 0.361 e. The number of aryl methyl sites for hydroxylation is 2. The zero-order valence-corrected chi connectivity index (χ0v) is 14.4. The third kappa shape index (κ3) is 4.31. The van der Waals surface area contributed by atoms with E-state index in [9.17, 15) is 9.59 Å². The molecule has 2 heterocycles. The molecule has 2 amide bonds. The van der Waals surface area contributed by atoms with Crippen LogP contribution >= 0.6 is 0 Å². The van der Waals surface area contributed by atoms with Gasteiger partial charge >= 0.3 is 0 Å². The van der Waals surface area contributed by atoms with Crippen LogP contribution in [0.15, 0.2) is 4.52 Å². The van der Waals surface area contributed by atoms with Gasteiger partial charge < -0.3 is 14.7 Å². The van der Waals surface area contributed by atoms with Gasteiger partial charge in [-0.15, -0.1) is 0 Å². The van der Waals surface area contributed by atoms with Gasteiger partial charge in [0.15, 0.2) is 0 Å². The average Bonchev–Trinajstić information content (AvgIpc) is 2.86. The molecule has 1 unspecified atom stereocenters. The zero-order valence-electron chi connectivity index (χ0n) is 14.4. The first-order chi connectivity index (χ1) is 10.9. The van der Waals surface area contributed by atoms with Gasteiger partial charge in [0.2, 0.25) is 5.91 Å². The highest BCUT2D eigenvalue weighted by Crippen LogP contribution is 2.16. The number of nitrogens with one attached hydrogen (secondary N) is 1. The molecular weight excluding hydrogens is 296 g/mol. The Morgan fingerprint density at radius 2 is 1.91 bits per heavy atom. The summed E-state index contributed by atoms with van der Waals surface area (Å²) in [6.07, 6.45) is 0.922. The predicted molar refractivity (Wildman–Crippen MR) is 86.2 cm³/mol. The van der Waals surface area contributed by atoms with Crippen molar-refractivity contribution in [3.8, 4) is 0 Å². The fraction of sp³-hybridized carbons (Fsp3) is 0.688. The monoisotopic (exact) mass is 322 g/mol. The molecule has 1 atom stereocenters. The number of hydrogen-bond acceptors (Lipinski definition) is 5. The van der Waals surface area contributed by atoms with Crippen LogP contribution in [-0.4, -0.2) is 65.5 Å². The average molecular weight is 322 g/mol. The number of carbonyl (C=O) groups is 2. The van der Waals surface area contributed by atoms with E-state index in [4.69, 9.17) is 4.52 Å². The lowest BCUT2D eigenvalue weighted by Crippen LogP contribution is -2.51. The van der Waals surface area contributed by atoms with Crippen LogP contribution in [0.2, 0.25) is 0 Å². The minimum Gasteiger partial charge on any atom is -0.361 e. The van der Waals surface area contributed by atoms with E-state index in [0.717, 1.165) is 6.42 Å². The van der Waals surface area contributed by atoms with Crippen molar-refractivity contribution in [1.82, 2.24) is 20.3 Å². The first-order valence-corrected chi connectivity index (χ1v) is 8.16. The molecule has 128 valence electrons. The summed E-state index contributed by atoms with van der Waals surface area (Å²) in [5.41, 5.74) is 1.19. The Balaban J connectivity index is 1.84. The highest BCUT2D eigenvalue weighted by molar-refractivity contribution is 5.96. The lowest BCUT2D eigenvalue weighted by atomic mass is 10.1. The van der Waals surface area contributed by atoms with Crippen LogP contribution < -0.4 is 5.32 Å². The Kier molecular flexibility index (Phi) is 5.76. The van der Waals surface area contributed by atoms with E-state index >= 15 is 0 Å². The van der Waals surface area contributed by atoms with Crippen LogP contribution in [0.3, 0.4) is 0 Å². The highest BCUT2D eigenvalue weighted by atomic mass is 16.5. The normalized spacial score (nSPS) is 17.1. The topological polar surface area (TPSA) is 78.7 Å². The molecule has 1 N–H and O–H groups in total. The number of amides is 2. The molecule has 1 fully saturated rings. The number of aromatic nitrogens is 1. The third-order valence-corrected chi connectivity index (χ3v) is 4.29. The summed E-state index contributed by atoms with van der Waals surface area (Å²) in [5, 5.41) is 6.80. The van der Waals surface area contributed by atoms with Gasteiger partial charge in [0.1, 0.15) is 11.3 Å². The maximum Gasteiger partial charge on any atom is 0.259 e. The van der Waals surface area contributed by atoms with Gasteiger partial charge in [-0.3, -0.25) is 14.5 Å². The number of rotatable bonds is 5. The van der Waals surface area contributed by atoms with Crippen molar-refractivity contribution in [3.05, 3.63) is 17.0 Å². The molecule has 0 spiro atoms. The van der Waals surface area contributed by atoms with E-state index in [1.165, 1.54) is 0 Å². The van der Waals surface area contributed by atoms with Crippen molar-refractivity contribution in [1.29, 1.82) is 0 Å². The molecule has 1 aromatic heterocycles. The van der Waals surface area contributed by atoms with E-state index in [1.807, 2.05) is 13.8 Å². The van der Waals surface area contributed by atoms with Gasteiger partial charge in [-0.2, -0.15) is 0 Å². The lowest BCUT2D eigenvalue weighted by Gasteiger charge is -2.34. The molecule has 0 radical (unpaired) electrons. The number of piperazine rings is 1. The maximum absolute atomic E-state index is 12.5. The summed E-state index contributed by atoms with van der Waals surface area (Å²) in [7, 11) is 0. The molecule has 2 rings (SSSR count). The molecule has 23 heavy (non-hydrogen) atoms. The Morgan fingerprint density at radius 1 is 1.26 bits per heavy atom. The van der Waals surface area contributed by atoms with Gasteiger partial charge in [-0.1, -0.05) is 12.1 Å². The molecule has 0 saturated carbocycles. The molecule has 1 aliphatic rings. The minimum atomic E-state index is -0.0371. The first-order valence-electron chi connectivity index (χ1n) is 8.16. The quantitative estimate of drug-likeness (QED) is 0.874. The molecule has 0 bridgehead atoms. The molecule has 1 saturated heterocycles. The SMILES string of the molecule is CCC(C)NC(=O)CN1CCN(C(=O)c2c(C)noc2C)CC1. The van der Waals surface area contributed by atoms with Crippen molar-refractivity contribution in [3.63, 3.8) is 0 Å². The van der Waals surface area contributed by atoms with Gasteiger partial charge in [-0.25, -0.2) is 0 Å². The molecule has 0 aliphatic carbocycles. The molecule has 7 heteroatoms. The zero-order chi connectivity index (χ0) is 17.0. The summed E-state index contributed by atoms with van der Waals surface area (Å²) in [6, 6.07) is 0.199. The first kappa shape index (κ1) is 17.5. The molecule has 1 aliphatic heterocycles. The number of hydrogen-bond donors (Lipinski definition) is 1. The summed E-state index contributed by atoms with van der Waals surface area (Å²) in [6.45, 7) is 10.6. The second-order valence-corrected chi connectivity index (χ2v) is 6.14. The molecular formula is C16H26N4O3. The third-order valence-electron chi connectivity index (χ3n) is 4.29. The predicted octanol–water partition coefficient (Wildman–Crippen LogP) is 0.964. The fourth-order valence-electron chi connectivity index (χ4n) is 2.68. The summed E-state index contributed by atoms with van der Waals surface area (Å²) in [5.74, 6) is 0.567. The molecule has 0 aromatic carbocycles. The van der Waals surface area contributed by atoms with E-state index in [-0.39, 0.29) is 17.9 Å². The van der Waals surface area contributed by atoms with Crippen molar-refractivity contribution in [2.24, 2.45) is 0 Å². The van der Waals surface area contributed by atoms with E-state index in [2.05, 4.69) is 15.4 Å². The van der Waals surface area contributed by atoms with Gasteiger partial charge in [0.25, 0.3) is 5.91 Å². The fourth-order valence-corrected chi connectivity index (χ4v) is 2.68.